The van der Waals surface area contributed by atoms with Crippen LogP contribution in [0, 0.1) is 0 Å². The highest BCUT2D eigenvalue weighted by atomic mass is 16.5. The van der Waals surface area contributed by atoms with E-state index in [0.717, 1.165) is 0 Å². The largest absolute Gasteiger partial charge is 0.477 e. The van der Waals surface area contributed by atoms with E-state index in [-0.39, 0.29) is 11.4 Å². The Hall–Kier alpha value is -2.50. The smallest absolute Gasteiger partial charge is 0.341 e. The Morgan fingerprint density at radius 3 is 2.65 bits per heavy atom. The molecule has 104 valence electrons. The first-order chi connectivity index (χ1) is 9.67. The number of carboxylic acids is 1. The molecule has 2 aromatic heterocycles. The van der Waals surface area contributed by atoms with Crippen molar-refractivity contribution in [3.8, 4) is 11.6 Å². The minimum Gasteiger partial charge on any atom is -0.477 e. The monoisotopic (exact) mass is 273 g/mol. The first kappa shape index (κ1) is 13.9. The van der Waals surface area contributed by atoms with Crippen LogP contribution < -0.4 is 4.74 Å². The molecular formula is C14H15N3O3. The maximum Gasteiger partial charge on any atom is 0.341 e. The normalized spacial score (nSPS) is 10.3. The minimum atomic E-state index is -1.06. The van der Waals surface area contributed by atoms with Crippen molar-refractivity contribution in [1.82, 2.24) is 15.2 Å². The first-order valence-electron chi connectivity index (χ1n) is 6.36. The number of aromatic carboxylic acids is 1. The lowest BCUT2D eigenvalue weighted by atomic mass is 10.0. The van der Waals surface area contributed by atoms with Gasteiger partial charge in [0, 0.05) is 6.20 Å². The van der Waals surface area contributed by atoms with Gasteiger partial charge in [0.25, 0.3) is 5.88 Å². The fourth-order valence-corrected chi connectivity index (χ4v) is 1.97. The summed E-state index contributed by atoms with van der Waals surface area (Å²) in [5.41, 5.74) is 1.42. The minimum absolute atomic E-state index is 0.000417. The van der Waals surface area contributed by atoms with Crippen LogP contribution in [-0.4, -0.2) is 26.3 Å². The van der Waals surface area contributed by atoms with Crippen LogP contribution in [0.1, 0.15) is 35.5 Å². The second-order valence-electron chi connectivity index (χ2n) is 4.11. The molecule has 0 unspecified atom stereocenters. The predicted molar refractivity (Wildman–Crippen MR) is 72.1 cm³/mol. The molecule has 0 spiro atoms. The van der Waals surface area contributed by atoms with Crippen molar-refractivity contribution in [3.05, 3.63) is 41.3 Å². The Balaban J connectivity index is 2.50. The maximum absolute atomic E-state index is 11.5. The van der Waals surface area contributed by atoms with Gasteiger partial charge in [0.1, 0.15) is 11.3 Å². The number of aryl methyl sites for hydroxylation is 1. The zero-order chi connectivity index (χ0) is 14.5. The fourth-order valence-electron chi connectivity index (χ4n) is 1.97. The Morgan fingerprint density at radius 1 is 1.30 bits per heavy atom. The van der Waals surface area contributed by atoms with Crippen molar-refractivity contribution < 1.29 is 14.6 Å². The summed E-state index contributed by atoms with van der Waals surface area (Å²) in [5.74, 6) is -0.638. The molecule has 0 bridgehead atoms. The number of nitrogens with zero attached hydrogens (tertiary/aromatic N) is 3. The average Bonchev–Trinajstić information content (AvgIpc) is 2.47. The lowest BCUT2D eigenvalue weighted by Gasteiger charge is -2.12. The van der Waals surface area contributed by atoms with Crippen molar-refractivity contribution in [3.63, 3.8) is 0 Å². The maximum atomic E-state index is 11.5. The molecule has 6 heteroatoms. The molecule has 0 fully saturated rings. The Kier molecular flexibility index (Phi) is 4.24. The summed E-state index contributed by atoms with van der Waals surface area (Å²) in [5, 5.41) is 17.4. The average molecular weight is 273 g/mol. The van der Waals surface area contributed by atoms with Crippen LogP contribution in [-0.2, 0) is 12.8 Å². The molecular weight excluding hydrogens is 258 g/mol. The van der Waals surface area contributed by atoms with Crippen LogP contribution in [0.3, 0.4) is 0 Å². The van der Waals surface area contributed by atoms with Gasteiger partial charge in [-0.2, -0.15) is 5.10 Å². The summed E-state index contributed by atoms with van der Waals surface area (Å²) >= 11 is 0. The molecule has 2 aromatic rings. The summed E-state index contributed by atoms with van der Waals surface area (Å²) in [7, 11) is 0. The number of hydrogen-bond donors (Lipinski definition) is 1. The lowest BCUT2D eigenvalue weighted by molar-refractivity contribution is 0.0691. The van der Waals surface area contributed by atoms with Gasteiger partial charge >= 0.3 is 5.97 Å². The number of carboxylic acid groups (broad SMARTS) is 1. The summed E-state index contributed by atoms with van der Waals surface area (Å²) in [6.45, 7) is 3.80. The summed E-state index contributed by atoms with van der Waals surface area (Å²) in [6.07, 6.45) is 4.29. The van der Waals surface area contributed by atoms with E-state index in [9.17, 15) is 9.90 Å². The van der Waals surface area contributed by atoms with Crippen LogP contribution in [0.2, 0.25) is 0 Å². The molecule has 2 rings (SSSR count). The lowest BCUT2D eigenvalue weighted by Crippen LogP contribution is -2.11. The Morgan fingerprint density at radius 2 is 2.10 bits per heavy atom. The van der Waals surface area contributed by atoms with E-state index in [1.165, 1.54) is 6.20 Å². The first-order valence-corrected chi connectivity index (χ1v) is 6.36. The van der Waals surface area contributed by atoms with Crippen LogP contribution in [0.15, 0.2) is 24.5 Å². The summed E-state index contributed by atoms with van der Waals surface area (Å²) in [4.78, 5) is 15.4. The van der Waals surface area contributed by atoms with Crippen molar-refractivity contribution in [2.24, 2.45) is 0 Å². The van der Waals surface area contributed by atoms with E-state index in [1.807, 2.05) is 13.8 Å². The molecule has 0 atom stereocenters. The highest BCUT2D eigenvalue weighted by Crippen LogP contribution is 2.26. The molecule has 6 nitrogen and oxygen atoms in total. The van der Waals surface area contributed by atoms with E-state index >= 15 is 0 Å². The molecule has 0 amide bonds. The van der Waals surface area contributed by atoms with Crippen molar-refractivity contribution in [2.45, 2.75) is 26.7 Å². The second kappa shape index (κ2) is 6.10. The third-order valence-corrected chi connectivity index (χ3v) is 2.88. The number of rotatable bonds is 5. The van der Waals surface area contributed by atoms with Gasteiger partial charge < -0.3 is 9.84 Å². The zero-order valence-corrected chi connectivity index (χ0v) is 11.3. The Bertz CT molecular complexity index is 615. The van der Waals surface area contributed by atoms with Gasteiger partial charge in [-0.05, 0) is 30.5 Å². The van der Waals surface area contributed by atoms with Crippen molar-refractivity contribution >= 4 is 5.97 Å². The number of pyridine rings is 1. The standard InChI is InChI=1S/C14H15N3O3/c1-3-10-11(4-2)16-17-13(12(10)14(18)19)20-9-6-5-7-15-8-9/h5-8H,3-4H2,1-2H3,(H,18,19). The molecule has 0 aromatic carbocycles. The van der Waals surface area contributed by atoms with Gasteiger partial charge in [0.15, 0.2) is 0 Å². The van der Waals surface area contributed by atoms with Crippen LogP contribution in [0.4, 0.5) is 0 Å². The van der Waals surface area contributed by atoms with Crippen molar-refractivity contribution in [1.29, 1.82) is 0 Å². The fraction of sp³-hybridized carbons (Fsp3) is 0.286. The van der Waals surface area contributed by atoms with E-state index in [0.29, 0.717) is 29.8 Å². The molecule has 1 N–H and O–H groups in total. The van der Waals surface area contributed by atoms with Gasteiger partial charge in [0.05, 0.1) is 11.9 Å². The molecule has 0 saturated carbocycles. The SMILES string of the molecule is CCc1nnc(Oc2cccnc2)c(C(=O)O)c1CC. The molecule has 0 radical (unpaired) electrons. The third-order valence-electron chi connectivity index (χ3n) is 2.88. The zero-order valence-electron chi connectivity index (χ0n) is 11.3. The van der Waals surface area contributed by atoms with E-state index in [1.54, 1.807) is 18.3 Å². The molecule has 0 aliphatic heterocycles. The number of carbonyl (C=O) groups is 1. The number of hydrogen-bond acceptors (Lipinski definition) is 5. The van der Waals surface area contributed by atoms with Gasteiger partial charge in [-0.3, -0.25) is 4.98 Å². The molecule has 2 heterocycles. The van der Waals surface area contributed by atoms with Gasteiger partial charge in [0.2, 0.25) is 0 Å². The summed E-state index contributed by atoms with van der Waals surface area (Å²) < 4.78 is 5.50. The molecule has 0 aliphatic carbocycles. The molecule has 0 aliphatic rings. The van der Waals surface area contributed by atoms with Crippen molar-refractivity contribution in [2.75, 3.05) is 0 Å². The van der Waals surface area contributed by atoms with Gasteiger partial charge in [-0.15, -0.1) is 5.10 Å². The number of aromatic nitrogens is 3. The van der Waals surface area contributed by atoms with E-state index in [4.69, 9.17) is 4.74 Å². The van der Waals surface area contributed by atoms with Gasteiger partial charge in [-0.25, -0.2) is 4.79 Å². The molecule has 20 heavy (non-hydrogen) atoms. The quantitative estimate of drug-likeness (QED) is 0.900. The van der Waals surface area contributed by atoms with Gasteiger partial charge in [-0.1, -0.05) is 13.8 Å². The van der Waals surface area contributed by atoms with E-state index < -0.39 is 5.97 Å². The number of ether oxygens (including phenoxy) is 1. The predicted octanol–water partition coefficient (Wildman–Crippen LogP) is 2.49. The van der Waals surface area contributed by atoms with Crippen LogP contribution in [0.25, 0.3) is 0 Å². The molecule has 0 saturated heterocycles. The topological polar surface area (TPSA) is 85.2 Å². The third kappa shape index (κ3) is 2.74. The van der Waals surface area contributed by atoms with E-state index in [2.05, 4.69) is 15.2 Å². The van der Waals surface area contributed by atoms with Crippen LogP contribution in [0.5, 0.6) is 11.6 Å². The summed E-state index contributed by atoms with van der Waals surface area (Å²) in [6, 6.07) is 3.38. The highest BCUT2D eigenvalue weighted by Gasteiger charge is 2.22. The highest BCUT2D eigenvalue weighted by molar-refractivity contribution is 5.92. The Labute approximate surface area is 116 Å². The second-order valence-corrected chi connectivity index (χ2v) is 4.11. The van der Waals surface area contributed by atoms with Crippen LogP contribution >= 0.6 is 0 Å².